The number of aromatic nitrogens is 1. The monoisotopic (exact) mass is 283 g/mol. The molecule has 1 saturated heterocycles. The van der Waals surface area contributed by atoms with Gasteiger partial charge in [-0.1, -0.05) is 6.92 Å². The zero-order chi connectivity index (χ0) is 11.5. The standard InChI is InChI=1S/C12H18BrN3/c1-3-11-9-16(5-4-15(11)2)12-6-10(13)7-14-8-12/h6-8,11H,3-5,9H2,1-2H3. The normalized spacial score (nSPS) is 22.4. The minimum Gasteiger partial charge on any atom is -0.367 e. The minimum atomic E-state index is 0.660. The summed E-state index contributed by atoms with van der Waals surface area (Å²) in [6.07, 6.45) is 4.98. The molecule has 4 heteroatoms. The van der Waals surface area contributed by atoms with Crippen LogP contribution in [0.5, 0.6) is 0 Å². The Hall–Kier alpha value is -0.610. The molecule has 0 N–H and O–H groups in total. The molecule has 88 valence electrons. The molecule has 1 atom stereocenters. The summed E-state index contributed by atoms with van der Waals surface area (Å²) >= 11 is 3.47. The number of nitrogens with zero attached hydrogens (tertiary/aromatic N) is 3. The van der Waals surface area contributed by atoms with E-state index in [0.29, 0.717) is 6.04 Å². The Balaban J connectivity index is 2.11. The van der Waals surface area contributed by atoms with E-state index in [-0.39, 0.29) is 0 Å². The Morgan fingerprint density at radius 3 is 2.94 bits per heavy atom. The second-order valence-corrected chi connectivity index (χ2v) is 5.27. The second-order valence-electron chi connectivity index (χ2n) is 4.35. The zero-order valence-corrected chi connectivity index (χ0v) is 11.4. The van der Waals surface area contributed by atoms with E-state index in [1.807, 2.05) is 12.4 Å². The van der Waals surface area contributed by atoms with E-state index in [9.17, 15) is 0 Å². The fraction of sp³-hybridized carbons (Fsp3) is 0.583. The summed E-state index contributed by atoms with van der Waals surface area (Å²) in [6, 6.07) is 2.80. The fourth-order valence-corrected chi connectivity index (χ4v) is 2.55. The third-order valence-electron chi connectivity index (χ3n) is 3.30. The molecule has 0 saturated carbocycles. The van der Waals surface area contributed by atoms with Gasteiger partial charge in [0, 0.05) is 36.3 Å². The summed E-state index contributed by atoms with van der Waals surface area (Å²) in [6.45, 7) is 5.57. The Morgan fingerprint density at radius 1 is 1.44 bits per heavy atom. The first-order valence-electron chi connectivity index (χ1n) is 5.76. The lowest BCUT2D eigenvalue weighted by Crippen LogP contribution is -2.51. The molecule has 0 aromatic carbocycles. The highest BCUT2D eigenvalue weighted by molar-refractivity contribution is 9.10. The van der Waals surface area contributed by atoms with Gasteiger partial charge in [-0.3, -0.25) is 9.88 Å². The van der Waals surface area contributed by atoms with E-state index in [0.717, 1.165) is 24.1 Å². The molecule has 0 bridgehead atoms. The Labute approximate surface area is 106 Å². The van der Waals surface area contributed by atoms with Gasteiger partial charge in [0.25, 0.3) is 0 Å². The molecule has 1 fully saturated rings. The highest BCUT2D eigenvalue weighted by Gasteiger charge is 2.22. The van der Waals surface area contributed by atoms with Crippen LogP contribution in [-0.2, 0) is 0 Å². The maximum atomic E-state index is 4.23. The predicted octanol–water partition coefficient (Wildman–Crippen LogP) is 2.37. The number of rotatable bonds is 2. The summed E-state index contributed by atoms with van der Waals surface area (Å²) in [5.41, 5.74) is 1.22. The fourth-order valence-electron chi connectivity index (χ4n) is 2.19. The SMILES string of the molecule is CCC1CN(c2cncc(Br)c2)CCN1C. The Bertz CT molecular complexity index is 356. The van der Waals surface area contributed by atoms with Gasteiger partial charge < -0.3 is 4.90 Å². The van der Waals surface area contributed by atoms with Crippen molar-refractivity contribution in [1.82, 2.24) is 9.88 Å². The van der Waals surface area contributed by atoms with Gasteiger partial charge in [0.2, 0.25) is 0 Å². The number of anilines is 1. The van der Waals surface area contributed by atoms with Crippen LogP contribution in [0.4, 0.5) is 5.69 Å². The Kier molecular flexibility index (Phi) is 3.82. The van der Waals surface area contributed by atoms with Gasteiger partial charge in [-0.15, -0.1) is 0 Å². The molecule has 2 heterocycles. The van der Waals surface area contributed by atoms with Crippen LogP contribution in [-0.4, -0.2) is 42.6 Å². The molecule has 1 aliphatic heterocycles. The first-order valence-corrected chi connectivity index (χ1v) is 6.55. The van der Waals surface area contributed by atoms with Gasteiger partial charge in [0.15, 0.2) is 0 Å². The number of halogens is 1. The maximum absolute atomic E-state index is 4.23. The predicted molar refractivity (Wildman–Crippen MR) is 70.9 cm³/mol. The number of likely N-dealkylation sites (N-methyl/N-ethyl adjacent to an activating group) is 1. The molecule has 3 nitrogen and oxygen atoms in total. The smallest absolute Gasteiger partial charge is 0.0565 e. The van der Waals surface area contributed by atoms with Crippen LogP contribution in [0, 0.1) is 0 Å². The quantitative estimate of drug-likeness (QED) is 0.831. The summed E-state index contributed by atoms with van der Waals surface area (Å²) in [4.78, 5) is 9.10. The average Bonchev–Trinajstić information content (AvgIpc) is 2.29. The van der Waals surface area contributed by atoms with E-state index < -0.39 is 0 Å². The summed E-state index contributed by atoms with van der Waals surface area (Å²) in [7, 11) is 2.21. The molecule has 1 aliphatic rings. The van der Waals surface area contributed by atoms with Gasteiger partial charge in [-0.2, -0.15) is 0 Å². The Morgan fingerprint density at radius 2 is 2.25 bits per heavy atom. The third kappa shape index (κ3) is 2.55. The van der Waals surface area contributed by atoms with Crippen LogP contribution in [0.1, 0.15) is 13.3 Å². The van der Waals surface area contributed by atoms with Crippen molar-refractivity contribution < 1.29 is 0 Å². The van der Waals surface area contributed by atoms with Crippen LogP contribution in [0.3, 0.4) is 0 Å². The van der Waals surface area contributed by atoms with Gasteiger partial charge in [-0.05, 0) is 35.5 Å². The van der Waals surface area contributed by atoms with E-state index in [1.54, 1.807) is 0 Å². The van der Waals surface area contributed by atoms with Crippen LogP contribution in [0.25, 0.3) is 0 Å². The molecule has 0 amide bonds. The lowest BCUT2D eigenvalue weighted by Gasteiger charge is -2.40. The highest BCUT2D eigenvalue weighted by atomic mass is 79.9. The molecule has 0 radical (unpaired) electrons. The van der Waals surface area contributed by atoms with E-state index in [1.165, 1.54) is 12.1 Å². The van der Waals surface area contributed by atoms with Crippen molar-refractivity contribution in [1.29, 1.82) is 0 Å². The summed E-state index contributed by atoms with van der Waals surface area (Å²) < 4.78 is 1.05. The van der Waals surface area contributed by atoms with Crippen molar-refractivity contribution in [3.63, 3.8) is 0 Å². The lowest BCUT2D eigenvalue weighted by atomic mass is 10.1. The average molecular weight is 284 g/mol. The topological polar surface area (TPSA) is 19.4 Å². The van der Waals surface area contributed by atoms with Crippen molar-refractivity contribution in [2.75, 3.05) is 31.6 Å². The highest BCUT2D eigenvalue weighted by Crippen LogP contribution is 2.21. The molecular weight excluding hydrogens is 266 g/mol. The zero-order valence-electron chi connectivity index (χ0n) is 9.86. The number of pyridine rings is 1. The second kappa shape index (κ2) is 5.15. The van der Waals surface area contributed by atoms with Gasteiger partial charge >= 0.3 is 0 Å². The molecule has 0 aliphatic carbocycles. The van der Waals surface area contributed by atoms with Crippen molar-refractivity contribution >= 4 is 21.6 Å². The third-order valence-corrected chi connectivity index (χ3v) is 3.74. The molecule has 1 aromatic rings. The van der Waals surface area contributed by atoms with E-state index >= 15 is 0 Å². The largest absolute Gasteiger partial charge is 0.367 e. The van der Waals surface area contributed by atoms with Crippen molar-refractivity contribution in [2.45, 2.75) is 19.4 Å². The number of hydrogen-bond acceptors (Lipinski definition) is 3. The number of piperazine rings is 1. The molecule has 2 rings (SSSR count). The van der Waals surface area contributed by atoms with E-state index in [4.69, 9.17) is 0 Å². The van der Waals surface area contributed by atoms with Crippen LogP contribution in [0.2, 0.25) is 0 Å². The molecular formula is C12H18BrN3. The van der Waals surface area contributed by atoms with Crippen molar-refractivity contribution in [3.05, 3.63) is 22.9 Å². The molecule has 1 unspecified atom stereocenters. The lowest BCUT2D eigenvalue weighted by molar-refractivity contribution is 0.213. The summed E-state index contributed by atoms with van der Waals surface area (Å²) in [5.74, 6) is 0. The van der Waals surface area contributed by atoms with Gasteiger partial charge in [-0.25, -0.2) is 0 Å². The van der Waals surface area contributed by atoms with Gasteiger partial charge in [0.1, 0.15) is 0 Å². The van der Waals surface area contributed by atoms with Crippen LogP contribution in [0.15, 0.2) is 22.9 Å². The van der Waals surface area contributed by atoms with Crippen molar-refractivity contribution in [2.24, 2.45) is 0 Å². The van der Waals surface area contributed by atoms with Crippen LogP contribution >= 0.6 is 15.9 Å². The molecule has 0 spiro atoms. The molecule has 1 aromatic heterocycles. The maximum Gasteiger partial charge on any atom is 0.0565 e. The minimum absolute atomic E-state index is 0.660. The van der Waals surface area contributed by atoms with Crippen molar-refractivity contribution in [3.8, 4) is 0 Å². The van der Waals surface area contributed by atoms with E-state index in [2.05, 4.69) is 50.8 Å². The number of hydrogen-bond donors (Lipinski definition) is 0. The summed E-state index contributed by atoms with van der Waals surface area (Å²) in [5, 5.41) is 0. The van der Waals surface area contributed by atoms with Gasteiger partial charge in [0.05, 0.1) is 11.9 Å². The molecule has 16 heavy (non-hydrogen) atoms. The first-order chi connectivity index (χ1) is 7.70. The first kappa shape index (κ1) is 11.9. The van der Waals surface area contributed by atoms with Crippen LogP contribution < -0.4 is 4.90 Å².